The molecule has 0 saturated carbocycles. The van der Waals surface area contributed by atoms with Crippen molar-refractivity contribution in [2.75, 3.05) is 0 Å². The number of fused-ring (bicyclic) bond motifs is 21. The van der Waals surface area contributed by atoms with Crippen LogP contribution in [-0.2, 0) is 0 Å². The van der Waals surface area contributed by atoms with Crippen molar-refractivity contribution in [2.24, 2.45) is 0 Å². The summed E-state index contributed by atoms with van der Waals surface area (Å²) in [5.74, 6) is 0. The minimum absolute atomic E-state index is 1.17. The van der Waals surface area contributed by atoms with Crippen molar-refractivity contribution >= 4 is 108 Å². The standard InChI is InChI=1S/C50H29N/c1-2-14-32-30(13-1)25-27-40-35-17-3-4-18-36(35)44-29-31(26-28-41(44)46(32)40)51-45-24-12-11-23-43(45)49-48-38-20-8-6-16-34(38)33-15-5-7-19-37(33)47(48)39-21-9-10-22-42(39)50(49)51/h1-29H. The van der Waals surface area contributed by atoms with Gasteiger partial charge in [0.25, 0.3) is 0 Å². The first-order valence-electron chi connectivity index (χ1n) is 17.8. The van der Waals surface area contributed by atoms with Gasteiger partial charge in [0.05, 0.1) is 11.0 Å². The van der Waals surface area contributed by atoms with Gasteiger partial charge in [-0.05, 0) is 93.6 Å². The maximum absolute atomic E-state index is 2.54. The monoisotopic (exact) mass is 643 g/mol. The Morgan fingerprint density at radius 3 is 1.39 bits per heavy atom. The highest BCUT2D eigenvalue weighted by Gasteiger charge is 2.22. The Hall–Kier alpha value is -6.70. The quantitative estimate of drug-likeness (QED) is 0.157. The molecule has 51 heavy (non-hydrogen) atoms. The highest BCUT2D eigenvalue weighted by Crippen LogP contribution is 2.48. The van der Waals surface area contributed by atoms with Gasteiger partial charge < -0.3 is 4.57 Å². The second kappa shape index (κ2) is 9.94. The minimum atomic E-state index is 1.17. The van der Waals surface area contributed by atoms with Gasteiger partial charge in [0, 0.05) is 27.2 Å². The smallest absolute Gasteiger partial charge is 0.0626 e. The number of hydrogen-bond acceptors (Lipinski definition) is 0. The number of benzene rings is 11. The lowest BCUT2D eigenvalue weighted by Crippen LogP contribution is -1.96. The maximum atomic E-state index is 2.54. The molecule has 0 amide bonds. The summed E-state index contributed by atoms with van der Waals surface area (Å²) in [5, 5.41) is 23.3. The van der Waals surface area contributed by atoms with Crippen molar-refractivity contribution in [3.8, 4) is 5.69 Å². The van der Waals surface area contributed by atoms with Crippen LogP contribution in [0.5, 0.6) is 0 Å². The number of rotatable bonds is 1. The Morgan fingerprint density at radius 1 is 0.255 bits per heavy atom. The lowest BCUT2D eigenvalue weighted by molar-refractivity contribution is 1.19. The molecule has 0 spiro atoms. The van der Waals surface area contributed by atoms with E-state index in [-0.39, 0.29) is 0 Å². The Labute approximate surface area is 293 Å². The Morgan fingerprint density at radius 2 is 0.706 bits per heavy atom. The summed E-state index contributed by atoms with van der Waals surface area (Å²) in [7, 11) is 0. The first-order valence-corrected chi connectivity index (χ1v) is 17.8. The van der Waals surface area contributed by atoms with E-state index < -0.39 is 0 Å². The highest BCUT2D eigenvalue weighted by molar-refractivity contribution is 6.43. The van der Waals surface area contributed by atoms with Crippen LogP contribution in [-0.4, -0.2) is 4.57 Å². The first kappa shape index (κ1) is 27.2. The van der Waals surface area contributed by atoms with E-state index in [0.717, 1.165) is 0 Å². The zero-order valence-corrected chi connectivity index (χ0v) is 27.7. The van der Waals surface area contributed by atoms with Gasteiger partial charge in [0.1, 0.15) is 0 Å². The van der Waals surface area contributed by atoms with Gasteiger partial charge in [0.2, 0.25) is 0 Å². The summed E-state index contributed by atoms with van der Waals surface area (Å²) >= 11 is 0. The molecule has 0 fully saturated rings. The fourth-order valence-electron chi connectivity index (χ4n) is 9.46. The molecule has 0 aliphatic carbocycles. The zero-order chi connectivity index (χ0) is 33.2. The summed E-state index contributed by atoms with van der Waals surface area (Å²) in [6, 6.07) is 65.5. The normalized spacial score (nSPS) is 12.3. The molecule has 0 radical (unpaired) electrons. The third-order valence-electron chi connectivity index (χ3n) is 11.5. The molecule has 0 atom stereocenters. The first-order chi connectivity index (χ1) is 25.3. The SMILES string of the molecule is c1ccc2c(c1)ccc1c3ccccc3c3cc(-n4c5ccccc5c5c6c7ccccc7c7ccccc7c6c6ccccc6c54)ccc3c21. The maximum Gasteiger partial charge on any atom is 0.0626 e. The third kappa shape index (κ3) is 3.50. The fourth-order valence-corrected chi connectivity index (χ4v) is 9.46. The molecule has 0 saturated heterocycles. The van der Waals surface area contributed by atoms with Crippen LogP contribution in [0, 0.1) is 0 Å². The summed E-state index contributed by atoms with van der Waals surface area (Å²) < 4.78 is 2.54. The molecule has 0 bridgehead atoms. The fraction of sp³-hybridized carbons (Fsp3) is 0. The largest absolute Gasteiger partial charge is 0.309 e. The van der Waals surface area contributed by atoms with Gasteiger partial charge >= 0.3 is 0 Å². The van der Waals surface area contributed by atoms with Crippen LogP contribution in [0.2, 0.25) is 0 Å². The summed E-state index contributed by atoms with van der Waals surface area (Å²) in [6.07, 6.45) is 0. The number of hydrogen-bond donors (Lipinski definition) is 0. The van der Waals surface area contributed by atoms with Crippen molar-refractivity contribution in [2.45, 2.75) is 0 Å². The van der Waals surface area contributed by atoms with Crippen LogP contribution in [0.25, 0.3) is 114 Å². The second-order valence-electron chi connectivity index (χ2n) is 13.9. The predicted octanol–water partition coefficient (Wildman–Crippen LogP) is 14.0. The third-order valence-corrected chi connectivity index (χ3v) is 11.5. The van der Waals surface area contributed by atoms with Crippen LogP contribution in [0.4, 0.5) is 0 Å². The molecular weight excluding hydrogens is 615 g/mol. The summed E-state index contributed by atoms with van der Waals surface area (Å²) in [5.41, 5.74) is 3.65. The molecule has 0 aliphatic rings. The van der Waals surface area contributed by atoms with E-state index in [2.05, 4.69) is 180 Å². The van der Waals surface area contributed by atoms with E-state index in [1.807, 2.05) is 0 Å². The molecule has 12 aromatic rings. The highest BCUT2D eigenvalue weighted by atomic mass is 15.0. The van der Waals surface area contributed by atoms with Gasteiger partial charge in [-0.2, -0.15) is 0 Å². The van der Waals surface area contributed by atoms with Crippen molar-refractivity contribution in [1.29, 1.82) is 0 Å². The lowest BCUT2D eigenvalue weighted by Gasteiger charge is -2.17. The van der Waals surface area contributed by atoms with Gasteiger partial charge in [-0.1, -0.05) is 158 Å². The molecule has 12 rings (SSSR count). The molecule has 11 aromatic carbocycles. The van der Waals surface area contributed by atoms with Crippen LogP contribution in [0.1, 0.15) is 0 Å². The predicted molar refractivity (Wildman–Crippen MR) is 221 cm³/mol. The Kier molecular flexibility index (Phi) is 5.29. The van der Waals surface area contributed by atoms with Crippen LogP contribution in [0.3, 0.4) is 0 Å². The average molecular weight is 644 g/mol. The van der Waals surface area contributed by atoms with E-state index in [1.54, 1.807) is 0 Å². The topological polar surface area (TPSA) is 4.93 Å². The molecule has 0 aliphatic heterocycles. The number of nitrogens with zero attached hydrogens (tertiary/aromatic N) is 1. The Balaban J connectivity index is 1.32. The lowest BCUT2D eigenvalue weighted by atomic mass is 9.88. The van der Waals surface area contributed by atoms with E-state index >= 15 is 0 Å². The Bertz CT molecular complexity index is 3470. The molecule has 0 unspecified atom stereocenters. The molecular formula is C50H29N. The molecule has 1 heterocycles. The molecule has 234 valence electrons. The minimum Gasteiger partial charge on any atom is -0.309 e. The average Bonchev–Trinajstić information content (AvgIpc) is 3.56. The zero-order valence-electron chi connectivity index (χ0n) is 27.7. The number of aromatic nitrogens is 1. The number of para-hydroxylation sites is 1. The van der Waals surface area contributed by atoms with Crippen molar-refractivity contribution in [3.63, 3.8) is 0 Å². The van der Waals surface area contributed by atoms with E-state index in [4.69, 9.17) is 0 Å². The second-order valence-corrected chi connectivity index (χ2v) is 13.9. The van der Waals surface area contributed by atoms with E-state index in [9.17, 15) is 0 Å². The van der Waals surface area contributed by atoms with Crippen LogP contribution < -0.4 is 0 Å². The molecule has 1 aromatic heterocycles. The van der Waals surface area contributed by atoms with Crippen molar-refractivity contribution in [1.82, 2.24) is 4.57 Å². The van der Waals surface area contributed by atoms with Gasteiger partial charge in [0.15, 0.2) is 0 Å². The van der Waals surface area contributed by atoms with Crippen molar-refractivity contribution in [3.05, 3.63) is 176 Å². The van der Waals surface area contributed by atoms with E-state index in [0.29, 0.717) is 0 Å². The van der Waals surface area contributed by atoms with Gasteiger partial charge in [-0.3, -0.25) is 0 Å². The molecule has 0 N–H and O–H groups in total. The van der Waals surface area contributed by atoms with Gasteiger partial charge in [-0.15, -0.1) is 0 Å². The van der Waals surface area contributed by atoms with Crippen LogP contribution in [0.15, 0.2) is 176 Å². The van der Waals surface area contributed by atoms with Gasteiger partial charge in [-0.25, -0.2) is 0 Å². The van der Waals surface area contributed by atoms with Crippen LogP contribution >= 0.6 is 0 Å². The molecule has 1 nitrogen and oxygen atoms in total. The van der Waals surface area contributed by atoms with E-state index in [1.165, 1.54) is 114 Å². The summed E-state index contributed by atoms with van der Waals surface area (Å²) in [4.78, 5) is 0. The van der Waals surface area contributed by atoms with Crippen molar-refractivity contribution < 1.29 is 0 Å². The summed E-state index contributed by atoms with van der Waals surface area (Å²) in [6.45, 7) is 0. The molecule has 1 heteroatoms.